The van der Waals surface area contributed by atoms with Gasteiger partial charge in [-0.1, -0.05) is 33.1 Å². The quantitative estimate of drug-likeness (QED) is 0.591. The Labute approximate surface area is 62.9 Å². The maximum atomic E-state index is 5.41. The molecule has 10 heavy (non-hydrogen) atoms. The van der Waals surface area contributed by atoms with E-state index in [2.05, 4.69) is 26.7 Å². The van der Waals surface area contributed by atoms with Gasteiger partial charge >= 0.3 is 0 Å². The predicted octanol–water partition coefficient (Wildman–Crippen LogP) is 2.37. The Balaban J connectivity index is 3.96. The molecule has 0 atom stereocenters. The van der Waals surface area contributed by atoms with Gasteiger partial charge in [-0.2, -0.15) is 0 Å². The lowest BCUT2D eigenvalue weighted by Crippen LogP contribution is -1.99. The summed E-state index contributed by atoms with van der Waals surface area (Å²) < 4.78 is 0. The number of hydrogen-bond donors (Lipinski definition) is 1. The van der Waals surface area contributed by atoms with Gasteiger partial charge in [0.2, 0.25) is 0 Å². The van der Waals surface area contributed by atoms with Crippen LogP contribution in [0.4, 0.5) is 0 Å². The van der Waals surface area contributed by atoms with Crippen LogP contribution in [0.1, 0.15) is 19.8 Å². The summed E-state index contributed by atoms with van der Waals surface area (Å²) in [5.74, 6) is 0. The first-order valence-electron chi connectivity index (χ1n) is 3.41. The largest absolute Gasteiger partial charge is 0.399 e. The van der Waals surface area contributed by atoms with Crippen LogP contribution in [0.5, 0.6) is 0 Å². The monoisotopic (exact) mass is 137 g/mol. The van der Waals surface area contributed by atoms with Crippen LogP contribution in [-0.4, -0.2) is 0 Å². The van der Waals surface area contributed by atoms with Crippen LogP contribution in [0.3, 0.4) is 0 Å². The van der Waals surface area contributed by atoms with Crippen molar-refractivity contribution in [2.45, 2.75) is 19.8 Å². The van der Waals surface area contributed by atoms with Gasteiger partial charge in [-0.3, -0.25) is 0 Å². The molecule has 0 heterocycles. The average Bonchev–Trinajstić information content (AvgIpc) is 1.87. The van der Waals surface area contributed by atoms with E-state index in [0.29, 0.717) is 5.70 Å². The molecule has 0 aromatic rings. The SMILES string of the molecule is C=C(N)C(=C)C(=C)CCC. The molecule has 56 valence electrons. The van der Waals surface area contributed by atoms with Gasteiger partial charge in [-0.15, -0.1) is 0 Å². The lowest BCUT2D eigenvalue weighted by atomic mass is 10.0. The molecule has 0 radical (unpaired) electrons. The van der Waals surface area contributed by atoms with Gasteiger partial charge in [-0.25, -0.2) is 0 Å². The Morgan fingerprint density at radius 1 is 1.30 bits per heavy atom. The van der Waals surface area contributed by atoms with E-state index in [4.69, 9.17) is 5.73 Å². The standard InChI is InChI=1S/C9H15N/c1-5-6-7(2)8(3)9(4)10/h2-6,10H2,1H3. The number of hydrogen-bond acceptors (Lipinski definition) is 1. The van der Waals surface area contributed by atoms with Crippen LogP contribution >= 0.6 is 0 Å². The van der Waals surface area contributed by atoms with Crippen molar-refractivity contribution in [2.75, 3.05) is 0 Å². The van der Waals surface area contributed by atoms with E-state index in [1.165, 1.54) is 0 Å². The molecule has 0 aromatic carbocycles. The van der Waals surface area contributed by atoms with E-state index in [0.717, 1.165) is 24.0 Å². The third-order valence-corrected chi connectivity index (χ3v) is 1.37. The van der Waals surface area contributed by atoms with Gasteiger partial charge in [0.15, 0.2) is 0 Å². The highest BCUT2D eigenvalue weighted by atomic mass is 14.6. The van der Waals surface area contributed by atoms with Crippen LogP contribution in [0, 0.1) is 0 Å². The molecule has 0 bridgehead atoms. The molecule has 0 aliphatic heterocycles. The van der Waals surface area contributed by atoms with Crippen molar-refractivity contribution in [2.24, 2.45) is 5.73 Å². The Hall–Kier alpha value is -0.980. The van der Waals surface area contributed by atoms with E-state index >= 15 is 0 Å². The van der Waals surface area contributed by atoms with Gasteiger partial charge in [0.1, 0.15) is 0 Å². The highest BCUT2D eigenvalue weighted by Crippen LogP contribution is 2.14. The summed E-state index contributed by atoms with van der Waals surface area (Å²) in [7, 11) is 0. The summed E-state index contributed by atoms with van der Waals surface area (Å²) in [6.45, 7) is 13.2. The smallest absolute Gasteiger partial charge is 0.0311 e. The number of nitrogens with two attached hydrogens (primary N) is 1. The van der Waals surface area contributed by atoms with Crippen LogP contribution in [0.15, 0.2) is 36.6 Å². The zero-order valence-electron chi connectivity index (χ0n) is 6.61. The summed E-state index contributed by atoms with van der Waals surface area (Å²) in [6, 6.07) is 0. The molecule has 0 spiro atoms. The van der Waals surface area contributed by atoms with E-state index in [9.17, 15) is 0 Å². The molecule has 1 heteroatoms. The molecule has 2 N–H and O–H groups in total. The second kappa shape index (κ2) is 3.94. The minimum Gasteiger partial charge on any atom is -0.399 e. The molecule has 0 saturated heterocycles. The second-order valence-electron chi connectivity index (χ2n) is 2.36. The minimum atomic E-state index is 0.526. The molecule has 1 nitrogen and oxygen atoms in total. The number of allylic oxidation sites excluding steroid dienone is 1. The van der Waals surface area contributed by atoms with E-state index in [1.54, 1.807) is 0 Å². The van der Waals surface area contributed by atoms with Crippen molar-refractivity contribution in [1.82, 2.24) is 0 Å². The third kappa shape index (κ3) is 2.53. The average molecular weight is 137 g/mol. The van der Waals surface area contributed by atoms with E-state index in [-0.39, 0.29) is 0 Å². The normalized spacial score (nSPS) is 8.90. The Morgan fingerprint density at radius 3 is 2.10 bits per heavy atom. The summed E-state index contributed by atoms with van der Waals surface area (Å²) >= 11 is 0. The van der Waals surface area contributed by atoms with Crippen LogP contribution in [0.25, 0.3) is 0 Å². The van der Waals surface area contributed by atoms with E-state index < -0.39 is 0 Å². The van der Waals surface area contributed by atoms with Gasteiger partial charge in [0.05, 0.1) is 0 Å². The summed E-state index contributed by atoms with van der Waals surface area (Å²) in [5, 5.41) is 0. The van der Waals surface area contributed by atoms with Gasteiger partial charge in [0, 0.05) is 5.70 Å². The maximum Gasteiger partial charge on any atom is 0.0311 e. The molecule has 0 aliphatic rings. The third-order valence-electron chi connectivity index (χ3n) is 1.37. The molecular formula is C9H15N. The zero-order chi connectivity index (χ0) is 8.15. The van der Waals surface area contributed by atoms with Gasteiger partial charge < -0.3 is 5.73 Å². The Kier molecular flexibility index (Phi) is 3.55. The van der Waals surface area contributed by atoms with Gasteiger partial charge in [-0.05, 0) is 17.6 Å². The Morgan fingerprint density at radius 2 is 1.80 bits per heavy atom. The molecular weight excluding hydrogens is 122 g/mol. The van der Waals surface area contributed by atoms with Crippen molar-refractivity contribution < 1.29 is 0 Å². The first kappa shape index (κ1) is 9.02. The lowest BCUT2D eigenvalue weighted by Gasteiger charge is -2.05. The van der Waals surface area contributed by atoms with Crippen molar-refractivity contribution in [1.29, 1.82) is 0 Å². The van der Waals surface area contributed by atoms with Crippen molar-refractivity contribution in [3.8, 4) is 0 Å². The summed E-state index contributed by atoms with van der Waals surface area (Å²) in [4.78, 5) is 0. The van der Waals surface area contributed by atoms with Crippen molar-refractivity contribution >= 4 is 0 Å². The zero-order valence-corrected chi connectivity index (χ0v) is 6.61. The number of rotatable bonds is 4. The van der Waals surface area contributed by atoms with Gasteiger partial charge in [0.25, 0.3) is 0 Å². The first-order valence-corrected chi connectivity index (χ1v) is 3.41. The first-order chi connectivity index (χ1) is 4.59. The predicted molar refractivity (Wildman–Crippen MR) is 46.5 cm³/mol. The van der Waals surface area contributed by atoms with Crippen LogP contribution < -0.4 is 5.73 Å². The van der Waals surface area contributed by atoms with Crippen LogP contribution in [0.2, 0.25) is 0 Å². The van der Waals surface area contributed by atoms with E-state index in [1.807, 2.05) is 0 Å². The minimum absolute atomic E-state index is 0.526. The molecule has 0 saturated carbocycles. The maximum absolute atomic E-state index is 5.41. The molecule has 0 fully saturated rings. The topological polar surface area (TPSA) is 26.0 Å². The van der Waals surface area contributed by atoms with Crippen LogP contribution in [-0.2, 0) is 0 Å². The second-order valence-corrected chi connectivity index (χ2v) is 2.36. The highest BCUT2D eigenvalue weighted by molar-refractivity contribution is 5.39. The fourth-order valence-corrected chi connectivity index (χ4v) is 0.680. The molecule has 0 aliphatic carbocycles. The fraction of sp³-hybridized carbons (Fsp3) is 0.333. The molecule has 0 aromatic heterocycles. The fourth-order valence-electron chi connectivity index (χ4n) is 0.680. The van der Waals surface area contributed by atoms with Crippen molar-refractivity contribution in [3.05, 3.63) is 36.6 Å². The van der Waals surface area contributed by atoms with Crippen molar-refractivity contribution in [3.63, 3.8) is 0 Å². The Bertz CT molecular complexity index is 166. The molecule has 0 amide bonds. The highest BCUT2D eigenvalue weighted by Gasteiger charge is 1.98. The molecule has 0 rings (SSSR count). The summed E-state index contributed by atoms with van der Waals surface area (Å²) in [6.07, 6.45) is 2.03. The molecule has 0 unspecified atom stereocenters. The lowest BCUT2D eigenvalue weighted by molar-refractivity contribution is 0.917. The summed E-state index contributed by atoms with van der Waals surface area (Å²) in [5.41, 5.74) is 7.73.